The predicted octanol–water partition coefficient (Wildman–Crippen LogP) is 4.03. The number of nitrogens with zero attached hydrogens (tertiary/aromatic N) is 1. The molecule has 2 unspecified atom stereocenters. The SMILES string of the molecule is Cc1cnc(C(C)NCC(C)(O)c2cccc(C(F)(F)F)c2)s1. The molecule has 1 aromatic carbocycles. The fourth-order valence-corrected chi connectivity index (χ4v) is 2.94. The van der Waals surface area contributed by atoms with E-state index >= 15 is 0 Å². The minimum absolute atomic E-state index is 0.0917. The van der Waals surface area contributed by atoms with Crippen LogP contribution in [-0.4, -0.2) is 16.6 Å². The maximum absolute atomic E-state index is 12.8. The number of aliphatic hydroxyl groups is 1. The molecule has 0 spiro atoms. The molecule has 2 N–H and O–H groups in total. The molecule has 0 aliphatic rings. The van der Waals surface area contributed by atoms with E-state index in [1.54, 1.807) is 17.5 Å². The molecule has 1 heterocycles. The van der Waals surface area contributed by atoms with Crippen molar-refractivity contribution in [3.63, 3.8) is 0 Å². The van der Waals surface area contributed by atoms with Gasteiger partial charge in [0.15, 0.2) is 0 Å². The summed E-state index contributed by atoms with van der Waals surface area (Å²) in [5.41, 5.74) is -1.96. The number of halogens is 3. The van der Waals surface area contributed by atoms with E-state index in [-0.39, 0.29) is 18.2 Å². The highest BCUT2D eigenvalue weighted by atomic mass is 32.1. The molecule has 0 fully saturated rings. The van der Waals surface area contributed by atoms with Gasteiger partial charge >= 0.3 is 6.18 Å². The van der Waals surface area contributed by atoms with Gasteiger partial charge in [0, 0.05) is 17.6 Å². The number of benzene rings is 1. The number of aryl methyl sites for hydroxylation is 1. The molecule has 0 saturated heterocycles. The fraction of sp³-hybridized carbons (Fsp3) is 0.438. The van der Waals surface area contributed by atoms with Crippen LogP contribution in [0.4, 0.5) is 13.2 Å². The Morgan fingerprint density at radius 2 is 1.96 bits per heavy atom. The fourth-order valence-electron chi connectivity index (χ4n) is 2.14. The second-order valence-electron chi connectivity index (χ2n) is 5.76. The van der Waals surface area contributed by atoms with Crippen LogP contribution in [-0.2, 0) is 11.8 Å². The highest BCUT2D eigenvalue weighted by Crippen LogP contribution is 2.32. The Labute approximate surface area is 137 Å². The molecule has 1 aromatic heterocycles. The maximum atomic E-state index is 12.8. The average Bonchev–Trinajstić information content (AvgIpc) is 2.91. The Morgan fingerprint density at radius 1 is 1.30 bits per heavy atom. The summed E-state index contributed by atoms with van der Waals surface area (Å²) in [4.78, 5) is 5.34. The molecule has 0 aliphatic carbocycles. The number of aromatic nitrogens is 1. The van der Waals surface area contributed by atoms with E-state index in [2.05, 4.69) is 10.3 Å². The van der Waals surface area contributed by atoms with Gasteiger partial charge in [-0.05, 0) is 38.5 Å². The highest BCUT2D eigenvalue weighted by molar-refractivity contribution is 7.11. The van der Waals surface area contributed by atoms with E-state index < -0.39 is 17.3 Å². The van der Waals surface area contributed by atoms with Crippen LogP contribution >= 0.6 is 11.3 Å². The van der Waals surface area contributed by atoms with Gasteiger partial charge < -0.3 is 10.4 Å². The molecule has 23 heavy (non-hydrogen) atoms. The Bertz CT molecular complexity index is 667. The summed E-state index contributed by atoms with van der Waals surface area (Å²) < 4.78 is 38.4. The van der Waals surface area contributed by atoms with Crippen molar-refractivity contribution in [1.29, 1.82) is 0 Å². The molecule has 0 amide bonds. The number of alkyl halides is 3. The summed E-state index contributed by atoms with van der Waals surface area (Å²) in [7, 11) is 0. The molecular weight excluding hydrogens is 325 g/mol. The van der Waals surface area contributed by atoms with E-state index in [1.165, 1.54) is 19.1 Å². The van der Waals surface area contributed by atoms with Crippen molar-refractivity contribution >= 4 is 11.3 Å². The van der Waals surface area contributed by atoms with E-state index in [1.807, 2.05) is 13.8 Å². The van der Waals surface area contributed by atoms with Crippen molar-refractivity contribution in [3.8, 4) is 0 Å². The molecule has 0 bridgehead atoms. The molecule has 2 atom stereocenters. The van der Waals surface area contributed by atoms with Crippen molar-refractivity contribution in [2.45, 2.75) is 38.6 Å². The first-order valence-corrected chi connectivity index (χ1v) is 7.97. The zero-order valence-electron chi connectivity index (χ0n) is 13.1. The lowest BCUT2D eigenvalue weighted by atomic mass is 9.94. The summed E-state index contributed by atoms with van der Waals surface area (Å²) in [5, 5.41) is 14.5. The van der Waals surface area contributed by atoms with Gasteiger partial charge in [0.2, 0.25) is 0 Å². The van der Waals surface area contributed by atoms with Crippen LogP contribution in [0.15, 0.2) is 30.5 Å². The van der Waals surface area contributed by atoms with Gasteiger partial charge in [-0.1, -0.05) is 12.1 Å². The first-order chi connectivity index (χ1) is 10.6. The Balaban J connectivity index is 2.09. The van der Waals surface area contributed by atoms with Crippen LogP contribution in [0.25, 0.3) is 0 Å². The average molecular weight is 344 g/mol. The van der Waals surface area contributed by atoms with Crippen LogP contribution < -0.4 is 5.32 Å². The van der Waals surface area contributed by atoms with Gasteiger partial charge in [0.05, 0.1) is 17.2 Å². The quantitative estimate of drug-likeness (QED) is 0.861. The molecule has 2 rings (SSSR count). The van der Waals surface area contributed by atoms with Gasteiger partial charge in [-0.3, -0.25) is 0 Å². The molecule has 7 heteroatoms. The van der Waals surface area contributed by atoms with Crippen LogP contribution in [0, 0.1) is 6.92 Å². The third-order valence-electron chi connectivity index (χ3n) is 3.57. The predicted molar refractivity (Wildman–Crippen MR) is 84.3 cm³/mol. The van der Waals surface area contributed by atoms with Crippen LogP contribution in [0.1, 0.15) is 40.9 Å². The number of nitrogens with one attached hydrogen (secondary N) is 1. The third kappa shape index (κ3) is 4.53. The minimum atomic E-state index is -4.43. The minimum Gasteiger partial charge on any atom is -0.384 e. The van der Waals surface area contributed by atoms with Gasteiger partial charge in [-0.25, -0.2) is 4.98 Å². The van der Waals surface area contributed by atoms with Crippen molar-refractivity contribution in [1.82, 2.24) is 10.3 Å². The molecule has 0 saturated carbocycles. The van der Waals surface area contributed by atoms with Crippen molar-refractivity contribution in [2.24, 2.45) is 0 Å². The first-order valence-electron chi connectivity index (χ1n) is 7.15. The number of hydrogen-bond donors (Lipinski definition) is 2. The standard InChI is InChI=1S/C16H19F3N2OS/c1-10-8-20-14(23-10)11(2)21-9-15(3,22)12-5-4-6-13(7-12)16(17,18)19/h4-8,11,21-22H,9H2,1-3H3. The second-order valence-corrected chi connectivity index (χ2v) is 7.03. The maximum Gasteiger partial charge on any atom is 0.416 e. The summed E-state index contributed by atoms with van der Waals surface area (Å²) in [6.07, 6.45) is -2.66. The summed E-state index contributed by atoms with van der Waals surface area (Å²) >= 11 is 1.54. The Hall–Kier alpha value is -1.44. The normalized spacial score (nSPS) is 16.1. The molecular formula is C16H19F3N2OS. The molecule has 0 radical (unpaired) electrons. The van der Waals surface area contributed by atoms with E-state index in [9.17, 15) is 18.3 Å². The van der Waals surface area contributed by atoms with Crippen LogP contribution in [0.3, 0.4) is 0 Å². The van der Waals surface area contributed by atoms with Crippen molar-refractivity contribution < 1.29 is 18.3 Å². The highest BCUT2D eigenvalue weighted by Gasteiger charge is 2.33. The lowest BCUT2D eigenvalue weighted by Crippen LogP contribution is -2.36. The zero-order valence-corrected chi connectivity index (χ0v) is 13.9. The lowest BCUT2D eigenvalue weighted by Gasteiger charge is -2.26. The Morgan fingerprint density at radius 3 is 2.52 bits per heavy atom. The van der Waals surface area contributed by atoms with Gasteiger partial charge in [0.25, 0.3) is 0 Å². The topological polar surface area (TPSA) is 45.2 Å². The molecule has 3 nitrogen and oxygen atoms in total. The molecule has 0 aliphatic heterocycles. The zero-order chi connectivity index (χ0) is 17.3. The summed E-state index contributed by atoms with van der Waals surface area (Å²) in [6, 6.07) is 4.69. The monoisotopic (exact) mass is 344 g/mol. The number of thiazole rings is 1. The first kappa shape index (κ1) is 17.9. The van der Waals surface area contributed by atoms with Crippen molar-refractivity contribution in [3.05, 3.63) is 51.5 Å². The van der Waals surface area contributed by atoms with Crippen molar-refractivity contribution in [2.75, 3.05) is 6.54 Å². The van der Waals surface area contributed by atoms with Gasteiger partial charge in [-0.15, -0.1) is 11.3 Å². The molecule has 126 valence electrons. The van der Waals surface area contributed by atoms with Gasteiger partial charge in [-0.2, -0.15) is 13.2 Å². The number of hydrogen-bond acceptors (Lipinski definition) is 4. The largest absolute Gasteiger partial charge is 0.416 e. The summed E-state index contributed by atoms with van der Waals surface area (Å²) in [6.45, 7) is 5.47. The second kappa shape index (κ2) is 6.59. The smallest absolute Gasteiger partial charge is 0.384 e. The van der Waals surface area contributed by atoms with E-state index in [0.29, 0.717) is 0 Å². The Kier molecular flexibility index (Phi) is 5.13. The lowest BCUT2D eigenvalue weighted by molar-refractivity contribution is -0.137. The summed E-state index contributed by atoms with van der Waals surface area (Å²) in [5.74, 6) is 0. The van der Waals surface area contributed by atoms with Crippen LogP contribution in [0.5, 0.6) is 0 Å². The van der Waals surface area contributed by atoms with Gasteiger partial charge in [0.1, 0.15) is 5.01 Å². The van der Waals surface area contributed by atoms with E-state index in [0.717, 1.165) is 22.0 Å². The van der Waals surface area contributed by atoms with E-state index in [4.69, 9.17) is 0 Å². The van der Waals surface area contributed by atoms with Crippen LogP contribution in [0.2, 0.25) is 0 Å². The number of rotatable bonds is 5. The molecule has 2 aromatic rings. The third-order valence-corrected chi connectivity index (χ3v) is 4.67.